The van der Waals surface area contributed by atoms with E-state index in [0.717, 1.165) is 49.9 Å². The SMILES string of the molecule is CC(C(=O)O)C1CCC2C1CCC1C2CC=C2CC(O)CCC21C. The maximum absolute atomic E-state index is 11.5. The van der Waals surface area contributed by atoms with Gasteiger partial charge in [-0.3, -0.25) is 4.79 Å². The zero-order valence-electron chi connectivity index (χ0n) is 15.1. The summed E-state index contributed by atoms with van der Waals surface area (Å²) in [6.07, 6.45) is 11.3. The van der Waals surface area contributed by atoms with E-state index < -0.39 is 5.97 Å². The molecule has 3 saturated carbocycles. The highest BCUT2D eigenvalue weighted by atomic mass is 16.4. The largest absolute Gasteiger partial charge is 0.481 e. The van der Waals surface area contributed by atoms with Gasteiger partial charge in [0.15, 0.2) is 0 Å². The number of aliphatic hydroxyl groups is 1. The Bertz CT molecular complexity index is 553. The second-order valence-electron chi connectivity index (χ2n) is 9.32. The zero-order valence-corrected chi connectivity index (χ0v) is 15.1. The molecule has 0 aromatic carbocycles. The number of aliphatic carboxylic acids is 1. The third-order valence-electron chi connectivity index (χ3n) is 8.48. The van der Waals surface area contributed by atoms with Crippen LogP contribution in [0.25, 0.3) is 0 Å². The first kappa shape index (κ1) is 16.6. The number of hydrogen-bond acceptors (Lipinski definition) is 2. The summed E-state index contributed by atoms with van der Waals surface area (Å²) in [5.41, 5.74) is 1.82. The average molecular weight is 332 g/mol. The van der Waals surface area contributed by atoms with Crippen molar-refractivity contribution in [3.05, 3.63) is 11.6 Å². The number of fused-ring (bicyclic) bond motifs is 5. The maximum Gasteiger partial charge on any atom is 0.306 e. The lowest BCUT2D eigenvalue weighted by Gasteiger charge is -2.55. The van der Waals surface area contributed by atoms with Crippen LogP contribution in [0, 0.1) is 40.9 Å². The van der Waals surface area contributed by atoms with Gasteiger partial charge in [-0.05, 0) is 86.4 Å². The highest BCUT2D eigenvalue weighted by Crippen LogP contribution is 2.62. The molecule has 0 spiro atoms. The first-order valence-corrected chi connectivity index (χ1v) is 10.0. The summed E-state index contributed by atoms with van der Waals surface area (Å²) in [6, 6.07) is 0. The molecular formula is C21H32O3. The van der Waals surface area contributed by atoms with Crippen molar-refractivity contribution >= 4 is 5.97 Å². The summed E-state index contributed by atoms with van der Waals surface area (Å²) in [7, 11) is 0. The molecule has 0 aliphatic heterocycles. The molecule has 8 unspecified atom stereocenters. The summed E-state index contributed by atoms with van der Waals surface area (Å²) in [5.74, 6) is 2.46. The molecular weight excluding hydrogens is 300 g/mol. The smallest absolute Gasteiger partial charge is 0.306 e. The summed E-state index contributed by atoms with van der Waals surface area (Å²) in [6.45, 7) is 4.37. The standard InChI is InChI=1S/C21H32O3/c1-12(20(23)24)15-5-6-17-16(15)7-8-19-18(17)4-3-13-11-14(22)9-10-21(13,19)2/h3,12,14-19,22H,4-11H2,1-2H3,(H,23,24). The first-order valence-electron chi connectivity index (χ1n) is 10.0. The summed E-state index contributed by atoms with van der Waals surface area (Å²) >= 11 is 0. The van der Waals surface area contributed by atoms with E-state index in [9.17, 15) is 15.0 Å². The van der Waals surface area contributed by atoms with Crippen molar-refractivity contribution in [1.29, 1.82) is 0 Å². The molecule has 0 bridgehead atoms. The van der Waals surface area contributed by atoms with Crippen molar-refractivity contribution in [2.45, 2.75) is 71.3 Å². The molecule has 0 aromatic heterocycles. The van der Waals surface area contributed by atoms with Gasteiger partial charge in [0.25, 0.3) is 0 Å². The van der Waals surface area contributed by atoms with Crippen molar-refractivity contribution in [2.24, 2.45) is 40.9 Å². The van der Waals surface area contributed by atoms with Gasteiger partial charge in [-0.25, -0.2) is 0 Å². The molecule has 0 aromatic rings. The molecule has 24 heavy (non-hydrogen) atoms. The van der Waals surface area contributed by atoms with Crippen LogP contribution in [0.2, 0.25) is 0 Å². The van der Waals surface area contributed by atoms with E-state index in [-0.39, 0.29) is 12.0 Å². The number of allylic oxidation sites excluding steroid dienone is 1. The predicted octanol–water partition coefficient (Wildman–Crippen LogP) is 4.26. The molecule has 4 rings (SSSR count). The minimum Gasteiger partial charge on any atom is -0.481 e. The van der Waals surface area contributed by atoms with Crippen molar-refractivity contribution in [3.63, 3.8) is 0 Å². The normalized spacial score (nSPS) is 48.7. The van der Waals surface area contributed by atoms with Gasteiger partial charge >= 0.3 is 5.97 Å². The van der Waals surface area contributed by atoms with Gasteiger partial charge in [0, 0.05) is 0 Å². The molecule has 8 atom stereocenters. The van der Waals surface area contributed by atoms with Crippen LogP contribution in [0.5, 0.6) is 0 Å². The Balaban J connectivity index is 1.58. The molecule has 3 fully saturated rings. The lowest BCUT2D eigenvalue weighted by Crippen LogP contribution is -2.47. The Morgan fingerprint density at radius 2 is 1.92 bits per heavy atom. The second-order valence-corrected chi connectivity index (χ2v) is 9.32. The number of hydrogen-bond donors (Lipinski definition) is 2. The second kappa shape index (κ2) is 5.86. The van der Waals surface area contributed by atoms with Crippen LogP contribution < -0.4 is 0 Å². The van der Waals surface area contributed by atoms with Crippen LogP contribution in [-0.2, 0) is 4.79 Å². The molecule has 0 heterocycles. The van der Waals surface area contributed by atoms with Crippen molar-refractivity contribution in [3.8, 4) is 0 Å². The molecule has 134 valence electrons. The van der Waals surface area contributed by atoms with Gasteiger partial charge in [0.2, 0.25) is 0 Å². The van der Waals surface area contributed by atoms with Gasteiger partial charge in [0.05, 0.1) is 12.0 Å². The molecule has 4 aliphatic rings. The average Bonchev–Trinajstić information content (AvgIpc) is 2.98. The number of aliphatic hydroxyl groups excluding tert-OH is 1. The van der Waals surface area contributed by atoms with Crippen molar-refractivity contribution < 1.29 is 15.0 Å². The Morgan fingerprint density at radius 1 is 1.17 bits per heavy atom. The minimum atomic E-state index is -0.609. The van der Waals surface area contributed by atoms with Crippen molar-refractivity contribution in [1.82, 2.24) is 0 Å². The topological polar surface area (TPSA) is 57.5 Å². The maximum atomic E-state index is 11.5. The Morgan fingerprint density at radius 3 is 2.67 bits per heavy atom. The third kappa shape index (κ3) is 2.38. The number of rotatable bonds is 2. The van der Waals surface area contributed by atoms with Crippen LogP contribution in [-0.4, -0.2) is 22.3 Å². The van der Waals surface area contributed by atoms with E-state index >= 15 is 0 Å². The summed E-state index contributed by atoms with van der Waals surface area (Å²) in [4.78, 5) is 11.5. The molecule has 4 aliphatic carbocycles. The Labute approximate surface area is 145 Å². The molecule has 3 nitrogen and oxygen atoms in total. The van der Waals surface area contributed by atoms with Gasteiger partial charge in [0.1, 0.15) is 0 Å². The van der Waals surface area contributed by atoms with E-state index in [0.29, 0.717) is 17.3 Å². The van der Waals surface area contributed by atoms with E-state index in [1.807, 2.05) is 6.92 Å². The molecule has 2 N–H and O–H groups in total. The molecule has 0 saturated heterocycles. The first-order chi connectivity index (χ1) is 11.4. The van der Waals surface area contributed by atoms with Crippen LogP contribution >= 0.6 is 0 Å². The van der Waals surface area contributed by atoms with E-state index in [2.05, 4.69) is 13.0 Å². The monoisotopic (exact) mass is 332 g/mol. The van der Waals surface area contributed by atoms with Crippen molar-refractivity contribution in [2.75, 3.05) is 0 Å². The lowest BCUT2D eigenvalue weighted by molar-refractivity contribution is -0.144. The summed E-state index contributed by atoms with van der Waals surface area (Å²) < 4.78 is 0. The lowest BCUT2D eigenvalue weighted by atomic mass is 9.50. The quantitative estimate of drug-likeness (QED) is 0.743. The van der Waals surface area contributed by atoms with E-state index in [4.69, 9.17) is 0 Å². The predicted molar refractivity (Wildman–Crippen MR) is 93.4 cm³/mol. The van der Waals surface area contributed by atoms with Crippen LogP contribution in [0.15, 0.2) is 11.6 Å². The Hall–Kier alpha value is -0.830. The highest BCUT2D eigenvalue weighted by Gasteiger charge is 2.54. The fourth-order valence-electron chi connectivity index (χ4n) is 7.14. The number of carboxylic acid groups (broad SMARTS) is 1. The van der Waals surface area contributed by atoms with E-state index in [1.165, 1.54) is 24.8 Å². The van der Waals surface area contributed by atoms with E-state index in [1.54, 1.807) is 0 Å². The minimum absolute atomic E-state index is 0.135. The van der Waals surface area contributed by atoms with Crippen LogP contribution in [0.4, 0.5) is 0 Å². The number of carbonyl (C=O) groups is 1. The third-order valence-corrected chi connectivity index (χ3v) is 8.48. The zero-order chi connectivity index (χ0) is 17.1. The fraction of sp³-hybridized carbons (Fsp3) is 0.857. The Kier molecular flexibility index (Phi) is 4.06. The fourth-order valence-corrected chi connectivity index (χ4v) is 7.14. The molecule has 3 heteroatoms. The van der Waals surface area contributed by atoms with Gasteiger partial charge in [-0.15, -0.1) is 0 Å². The highest BCUT2D eigenvalue weighted by molar-refractivity contribution is 5.70. The van der Waals surface area contributed by atoms with Crippen LogP contribution in [0.3, 0.4) is 0 Å². The molecule has 0 amide bonds. The van der Waals surface area contributed by atoms with Gasteiger partial charge < -0.3 is 10.2 Å². The number of carboxylic acids is 1. The summed E-state index contributed by atoms with van der Waals surface area (Å²) in [5, 5.41) is 19.5. The molecule has 0 radical (unpaired) electrons. The van der Waals surface area contributed by atoms with Gasteiger partial charge in [-0.1, -0.05) is 25.5 Å². The van der Waals surface area contributed by atoms with Crippen LogP contribution in [0.1, 0.15) is 65.2 Å². The van der Waals surface area contributed by atoms with Gasteiger partial charge in [-0.2, -0.15) is 0 Å².